The van der Waals surface area contributed by atoms with Crippen LogP contribution in [0.3, 0.4) is 0 Å². The van der Waals surface area contributed by atoms with Gasteiger partial charge in [-0.1, -0.05) is 12.1 Å². The normalized spacial score (nSPS) is 20.7. The third-order valence-corrected chi connectivity index (χ3v) is 6.42. The Bertz CT molecular complexity index is 1020. The van der Waals surface area contributed by atoms with E-state index in [2.05, 4.69) is 50.3 Å². The zero-order chi connectivity index (χ0) is 19.0. The first-order valence-electron chi connectivity index (χ1n) is 8.79. The molecular weight excluding hydrogens is 428 g/mol. The second-order valence-electron chi connectivity index (χ2n) is 6.91. The van der Waals surface area contributed by atoms with E-state index in [0.29, 0.717) is 21.2 Å². The Hall–Kier alpha value is -1.90. The number of hydrogen-bond acceptors (Lipinski definition) is 6. The summed E-state index contributed by atoms with van der Waals surface area (Å²) >= 11 is 4.88. The van der Waals surface area contributed by atoms with Crippen LogP contribution in [-0.2, 0) is 0 Å². The van der Waals surface area contributed by atoms with Crippen LogP contribution in [0.25, 0.3) is 4.96 Å². The number of hydrogen-bond donors (Lipinski definition) is 1. The second kappa shape index (κ2) is 7.61. The highest BCUT2D eigenvalue weighted by Crippen LogP contribution is 2.30. The fourth-order valence-corrected chi connectivity index (χ4v) is 4.81. The molecule has 0 aliphatic carbocycles. The van der Waals surface area contributed by atoms with Crippen LogP contribution in [0, 0.1) is 0 Å². The minimum atomic E-state index is -0.0859. The van der Waals surface area contributed by atoms with Crippen molar-refractivity contribution in [3.05, 3.63) is 56.2 Å². The number of methoxy groups -OCH3 is 1. The first kappa shape index (κ1) is 18.5. The molecule has 4 rings (SSSR count). The molecule has 3 aromatic rings. The third-order valence-electron chi connectivity index (χ3n) is 4.95. The number of thiazole rings is 1. The maximum absolute atomic E-state index is 12.5. The van der Waals surface area contributed by atoms with E-state index in [9.17, 15) is 4.79 Å². The quantitative estimate of drug-likeness (QED) is 0.662. The van der Waals surface area contributed by atoms with Gasteiger partial charge < -0.3 is 15.0 Å². The van der Waals surface area contributed by atoms with Crippen molar-refractivity contribution in [1.29, 1.82) is 0 Å². The van der Waals surface area contributed by atoms with Gasteiger partial charge in [0.25, 0.3) is 5.56 Å². The number of ether oxygens (including phenoxy) is 1. The lowest BCUT2D eigenvalue weighted by Crippen LogP contribution is -2.43. The molecular formula is C19H21BrN4O2S. The molecule has 1 saturated heterocycles. The van der Waals surface area contributed by atoms with E-state index in [4.69, 9.17) is 4.74 Å². The molecule has 8 heteroatoms. The summed E-state index contributed by atoms with van der Waals surface area (Å²) in [7, 11) is 3.82. The van der Waals surface area contributed by atoms with Crippen molar-refractivity contribution < 1.29 is 4.74 Å². The minimum Gasteiger partial charge on any atom is -0.497 e. The first-order chi connectivity index (χ1) is 13.0. The summed E-state index contributed by atoms with van der Waals surface area (Å²) < 4.78 is 7.41. The number of aromatic nitrogens is 2. The topological polar surface area (TPSA) is 58.9 Å². The fraction of sp³-hybridized carbons (Fsp3) is 0.368. The van der Waals surface area contributed by atoms with Crippen LogP contribution in [0.2, 0.25) is 0 Å². The molecule has 27 heavy (non-hydrogen) atoms. The van der Waals surface area contributed by atoms with E-state index < -0.39 is 0 Å². The van der Waals surface area contributed by atoms with Crippen LogP contribution in [0.5, 0.6) is 5.75 Å². The predicted octanol–water partition coefficient (Wildman–Crippen LogP) is 3.43. The molecule has 1 aliphatic heterocycles. The molecule has 1 aliphatic rings. The van der Waals surface area contributed by atoms with E-state index in [1.54, 1.807) is 17.7 Å². The van der Waals surface area contributed by atoms with Crippen molar-refractivity contribution in [3.8, 4) is 5.75 Å². The van der Waals surface area contributed by atoms with Gasteiger partial charge in [0.1, 0.15) is 16.0 Å². The summed E-state index contributed by atoms with van der Waals surface area (Å²) in [6.45, 7) is 1.89. The number of nitrogens with zero attached hydrogens (tertiary/aromatic N) is 3. The molecule has 0 radical (unpaired) electrons. The van der Waals surface area contributed by atoms with Crippen molar-refractivity contribution in [2.24, 2.45) is 0 Å². The number of likely N-dealkylation sites (N-methyl/N-ethyl adjacent to an activating group) is 1. The lowest BCUT2D eigenvalue weighted by atomic mass is 9.88. The summed E-state index contributed by atoms with van der Waals surface area (Å²) in [4.78, 5) is 20.1. The van der Waals surface area contributed by atoms with Crippen LogP contribution in [0.1, 0.15) is 17.9 Å². The van der Waals surface area contributed by atoms with Gasteiger partial charge in [-0.3, -0.25) is 9.20 Å². The lowest BCUT2D eigenvalue weighted by Gasteiger charge is -2.36. The second-order valence-corrected chi connectivity index (χ2v) is 8.57. The van der Waals surface area contributed by atoms with Crippen LogP contribution < -0.4 is 15.6 Å². The van der Waals surface area contributed by atoms with Gasteiger partial charge >= 0.3 is 0 Å². The van der Waals surface area contributed by atoms with Crippen LogP contribution >= 0.6 is 27.3 Å². The number of nitrogens with one attached hydrogen (secondary N) is 1. The molecule has 142 valence electrons. The maximum atomic E-state index is 12.5. The van der Waals surface area contributed by atoms with Gasteiger partial charge in [0.15, 0.2) is 4.96 Å². The van der Waals surface area contributed by atoms with Gasteiger partial charge in [0.05, 0.1) is 7.11 Å². The zero-order valence-electron chi connectivity index (χ0n) is 15.2. The standard InChI is InChI=1S/C19H21BrN4O2S/c1-23-10-13(12-4-3-5-15(9-12)26-2)8-14(11-23)21-17-16(20)18(25)24-6-7-27-19(24)22-17/h3-7,9,13-14,21H,8,10-11H2,1-2H3. The van der Waals surface area contributed by atoms with Gasteiger partial charge in [-0.25, -0.2) is 4.98 Å². The van der Waals surface area contributed by atoms with Crippen LogP contribution in [-0.4, -0.2) is 47.6 Å². The molecule has 1 fully saturated rings. The summed E-state index contributed by atoms with van der Waals surface area (Å²) in [6, 6.07) is 8.47. The molecule has 0 saturated carbocycles. The molecule has 0 bridgehead atoms. The number of rotatable bonds is 4. The van der Waals surface area contributed by atoms with Crippen molar-refractivity contribution >= 4 is 38.0 Å². The summed E-state index contributed by atoms with van der Waals surface area (Å²) in [5.74, 6) is 1.89. The highest BCUT2D eigenvalue weighted by molar-refractivity contribution is 9.10. The average molecular weight is 449 g/mol. The Morgan fingerprint density at radius 3 is 3.04 bits per heavy atom. The first-order valence-corrected chi connectivity index (χ1v) is 10.5. The summed E-state index contributed by atoms with van der Waals surface area (Å²) in [6.07, 6.45) is 2.71. The van der Waals surface area contributed by atoms with E-state index >= 15 is 0 Å². The van der Waals surface area contributed by atoms with Crippen molar-refractivity contribution in [1.82, 2.24) is 14.3 Å². The average Bonchev–Trinajstić information content (AvgIpc) is 3.14. The molecule has 1 aromatic carbocycles. The van der Waals surface area contributed by atoms with Crippen molar-refractivity contribution in [2.75, 3.05) is 32.6 Å². The summed E-state index contributed by atoms with van der Waals surface area (Å²) in [5.41, 5.74) is 1.19. The monoisotopic (exact) mass is 448 g/mol. The summed E-state index contributed by atoms with van der Waals surface area (Å²) in [5, 5.41) is 5.36. The van der Waals surface area contributed by atoms with Gasteiger partial charge in [-0.15, -0.1) is 11.3 Å². The number of likely N-dealkylation sites (tertiary alicyclic amines) is 1. The Morgan fingerprint density at radius 1 is 1.37 bits per heavy atom. The maximum Gasteiger partial charge on any atom is 0.275 e. The van der Waals surface area contributed by atoms with Crippen LogP contribution in [0.15, 0.2) is 45.1 Å². The Balaban J connectivity index is 1.59. The number of anilines is 1. The molecule has 6 nitrogen and oxygen atoms in total. The molecule has 0 amide bonds. The number of halogens is 1. The SMILES string of the molecule is COc1cccc(C2CC(Nc3nc4sccn4c(=O)c3Br)CN(C)C2)c1. The van der Waals surface area contributed by atoms with Crippen molar-refractivity contribution in [3.63, 3.8) is 0 Å². The van der Waals surface area contributed by atoms with E-state index in [1.165, 1.54) is 16.9 Å². The number of fused-ring (bicyclic) bond motifs is 1. The Labute approximate surface area is 169 Å². The highest BCUT2D eigenvalue weighted by atomic mass is 79.9. The Kier molecular flexibility index (Phi) is 5.21. The molecule has 3 heterocycles. The number of benzene rings is 1. The van der Waals surface area contributed by atoms with Crippen molar-refractivity contribution in [2.45, 2.75) is 18.4 Å². The zero-order valence-corrected chi connectivity index (χ0v) is 17.6. The predicted molar refractivity (Wildman–Crippen MR) is 112 cm³/mol. The molecule has 0 spiro atoms. The highest BCUT2D eigenvalue weighted by Gasteiger charge is 2.27. The van der Waals surface area contributed by atoms with E-state index in [1.807, 2.05) is 17.5 Å². The third kappa shape index (κ3) is 3.74. The largest absolute Gasteiger partial charge is 0.497 e. The fourth-order valence-electron chi connectivity index (χ4n) is 3.71. The molecule has 2 aromatic heterocycles. The van der Waals surface area contributed by atoms with Gasteiger partial charge in [-0.05, 0) is 53.0 Å². The smallest absolute Gasteiger partial charge is 0.275 e. The van der Waals surface area contributed by atoms with E-state index in [-0.39, 0.29) is 11.6 Å². The van der Waals surface area contributed by atoms with Crippen LogP contribution in [0.4, 0.5) is 5.82 Å². The Morgan fingerprint density at radius 2 is 2.22 bits per heavy atom. The van der Waals surface area contributed by atoms with E-state index in [0.717, 1.165) is 25.3 Å². The molecule has 2 atom stereocenters. The van der Waals surface area contributed by atoms with Gasteiger partial charge in [0.2, 0.25) is 0 Å². The number of piperidine rings is 1. The van der Waals surface area contributed by atoms with Gasteiger partial charge in [-0.2, -0.15) is 0 Å². The lowest BCUT2D eigenvalue weighted by molar-refractivity contribution is 0.235. The molecule has 1 N–H and O–H groups in total. The molecule has 2 unspecified atom stereocenters. The minimum absolute atomic E-state index is 0.0859. The van der Waals surface area contributed by atoms with Gasteiger partial charge in [0, 0.05) is 30.7 Å².